The smallest absolute Gasteiger partial charge is 0.00247 e. The lowest BCUT2D eigenvalue weighted by Gasteiger charge is -2.38. The molecule has 0 rings (SSSR count). The van der Waals surface area contributed by atoms with E-state index in [1.165, 1.54) is 25.8 Å². The van der Waals surface area contributed by atoms with E-state index in [-0.39, 0.29) is 0 Å². The van der Waals surface area contributed by atoms with Crippen molar-refractivity contribution in [3.63, 3.8) is 0 Å². The molecule has 0 aromatic carbocycles. The van der Waals surface area contributed by atoms with Crippen LogP contribution in [0.3, 0.4) is 0 Å². The van der Waals surface area contributed by atoms with Crippen LogP contribution in [-0.2, 0) is 0 Å². The van der Waals surface area contributed by atoms with E-state index in [0.717, 1.165) is 11.8 Å². The maximum absolute atomic E-state index is 2.43. The van der Waals surface area contributed by atoms with Crippen molar-refractivity contribution in [3.8, 4) is 0 Å². The second kappa shape index (κ2) is 6.52. The van der Waals surface area contributed by atoms with Crippen LogP contribution < -0.4 is 0 Å². The monoisotopic (exact) mass is 213 g/mol. The molecule has 1 nitrogen and oxygen atoms in total. The fraction of sp³-hybridized carbons (Fsp3) is 1.00. The van der Waals surface area contributed by atoms with Crippen molar-refractivity contribution in [2.45, 2.75) is 53.9 Å². The van der Waals surface area contributed by atoms with Crippen molar-refractivity contribution < 1.29 is 0 Å². The van der Waals surface area contributed by atoms with Gasteiger partial charge >= 0.3 is 0 Å². The van der Waals surface area contributed by atoms with Gasteiger partial charge in [-0.3, -0.25) is 0 Å². The summed E-state index contributed by atoms with van der Waals surface area (Å²) in [6.07, 6.45) is 4.03. The molecule has 0 spiro atoms. The molecule has 0 heterocycles. The molecule has 0 fully saturated rings. The molecular weight excluding hydrogens is 182 g/mol. The van der Waals surface area contributed by atoms with Crippen molar-refractivity contribution >= 4 is 0 Å². The molecule has 0 saturated heterocycles. The van der Waals surface area contributed by atoms with Crippen molar-refractivity contribution in [1.82, 2.24) is 4.90 Å². The van der Waals surface area contributed by atoms with Crippen molar-refractivity contribution in [2.75, 3.05) is 20.6 Å². The topological polar surface area (TPSA) is 3.24 Å². The fourth-order valence-electron chi connectivity index (χ4n) is 2.23. The van der Waals surface area contributed by atoms with Crippen molar-refractivity contribution in [1.29, 1.82) is 0 Å². The van der Waals surface area contributed by atoms with Gasteiger partial charge in [0.15, 0.2) is 0 Å². The van der Waals surface area contributed by atoms with E-state index in [9.17, 15) is 0 Å². The van der Waals surface area contributed by atoms with Gasteiger partial charge in [-0.05, 0) is 50.7 Å². The SMILES string of the molecule is CCC(CCCN(C)C)C(C)(C)C(C)C. The first-order valence-electron chi connectivity index (χ1n) is 6.47. The van der Waals surface area contributed by atoms with Gasteiger partial charge in [0, 0.05) is 0 Å². The van der Waals surface area contributed by atoms with Gasteiger partial charge in [-0.25, -0.2) is 0 Å². The highest BCUT2D eigenvalue weighted by Crippen LogP contribution is 2.39. The largest absolute Gasteiger partial charge is 0.309 e. The van der Waals surface area contributed by atoms with Crippen molar-refractivity contribution in [3.05, 3.63) is 0 Å². The normalized spacial score (nSPS) is 15.0. The van der Waals surface area contributed by atoms with E-state index in [4.69, 9.17) is 0 Å². The van der Waals surface area contributed by atoms with E-state index >= 15 is 0 Å². The van der Waals surface area contributed by atoms with Crippen LogP contribution in [0.1, 0.15) is 53.9 Å². The average Bonchev–Trinajstić information content (AvgIpc) is 2.11. The molecule has 0 aromatic rings. The Morgan fingerprint density at radius 1 is 1.13 bits per heavy atom. The van der Waals surface area contributed by atoms with Gasteiger partial charge in [-0.2, -0.15) is 0 Å². The van der Waals surface area contributed by atoms with Crippen LogP contribution in [0.5, 0.6) is 0 Å². The number of nitrogens with zero attached hydrogens (tertiary/aromatic N) is 1. The molecule has 15 heavy (non-hydrogen) atoms. The van der Waals surface area contributed by atoms with Gasteiger partial charge in [0.25, 0.3) is 0 Å². The van der Waals surface area contributed by atoms with Gasteiger partial charge in [-0.15, -0.1) is 0 Å². The first-order valence-corrected chi connectivity index (χ1v) is 6.47. The van der Waals surface area contributed by atoms with Gasteiger partial charge in [0.2, 0.25) is 0 Å². The van der Waals surface area contributed by atoms with Gasteiger partial charge < -0.3 is 4.90 Å². The summed E-state index contributed by atoms with van der Waals surface area (Å²) in [5.41, 5.74) is 0.487. The zero-order valence-electron chi connectivity index (χ0n) is 11.9. The maximum atomic E-state index is 2.43. The lowest BCUT2D eigenvalue weighted by atomic mass is 9.68. The molecule has 1 heteroatoms. The molecular formula is C14H31N. The minimum atomic E-state index is 0.487. The molecule has 0 aliphatic heterocycles. The van der Waals surface area contributed by atoms with E-state index in [1.54, 1.807) is 0 Å². The van der Waals surface area contributed by atoms with Crippen LogP contribution in [0.25, 0.3) is 0 Å². The summed E-state index contributed by atoms with van der Waals surface area (Å²) in [6.45, 7) is 13.1. The van der Waals surface area contributed by atoms with Crippen LogP contribution >= 0.6 is 0 Å². The third kappa shape index (κ3) is 5.01. The highest BCUT2D eigenvalue weighted by molar-refractivity contribution is 4.80. The lowest BCUT2D eigenvalue weighted by molar-refractivity contribution is 0.120. The quantitative estimate of drug-likeness (QED) is 0.617. The Morgan fingerprint density at radius 2 is 1.67 bits per heavy atom. The molecule has 0 aliphatic rings. The Kier molecular flexibility index (Phi) is 6.51. The van der Waals surface area contributed by atoms with Crippen molar-refractivity contribution in [2.24, 2.45) is 17.3 Å². The number of rotatable bonds is 7. The second-order valence-electron chi connectivity index (χ2n) is 6.03. The first-order chi connectivity index (χ1) is 6.82. The maximum Gasteiger partial charge on any atom is -0.00247 e. The Bertz CT molecular complexity index is 159. The van der Waals surface area contributed by atoms with E-state index in [2.05, 4.69) is 53.6 Å². The summed E-state index contributed by atoms with van der Waals surface area (Å²) < 4.78 is 0. The highest BCUT2D eigenvalue weighted by Gasteiger charge is 2.30. The van der Waals surface area contributed by atoms with Gasteiger partial charge in [0.1, 0.15) is 0 Å². The van der Waals surface area contributed by atoms with Crippen LogP contribution in [-0.4, -0.2) is 25.5 Å². The van der Waals surface area contributed by atoms with Crippen LogP contribution in [0.2, 0.25) is 0 Å². The second-order valence-corrected chi connectivity index (χ2v) is 6.03. The summed E-state index contributed by atoms with van der Waals surface area (Å²) >= 11 is 0. The zero-order chi connectivity index (χ0) is 12.1. The Balaban J connectivity index is 4.12. The highest BCUT2D eigenvalue weighted by atomic mass is 15.0. The third-order valence-electron chi connectivity index (χ3n) is 4.19. The molecule has 0 radical (unpaired) electrons. The Labute approximate surface area is 97.2 Å². The molecule has 0 saturated carbocycles. The van der Waals surface area contributed by atoms with Gasteiger partial charge in [0.05, 0.1) is 0 Å². The summed E-state index contributed by atoms with van der Waals surface area (Å²) in [7, 11) is 4.32. The molecule has 92 valence electrons. The summed E-state index contributed by atoms with van der Waals surface area (Å²) in [4.78, 5) is 2.29. The molecule has 0 amide bonds. The standard InChI is InChI=1S/C14H31N/c1-8-13(10-9-11-15(6)7)14(4,5)12(2)3/h12-13H,8-11H2,1-7H3. The summed E-state index contributed by atoms with van der Waals surface area (Å²) in [5, 5.41) is 0. The average molecular weight is 213 g/mol. The molecule has 0 aliphatic carbocycles. The zero-order valence-corrected chi connectivity index (χ0v) is 11.9. The fourth-order valence-corrected chi connectivity index (χ4v) is 2.23. The summed E-state index contributed by atoms with van der Waals surface area (Å²) in [5.74, 6) is 1.65. The molecule has 0 bridgehead atoms. The number of hydrogen-bond donors (Lipinski definition) is 0. The summed E-state index contributed by atoms with van der Waals surface area (Å²) in [6, 6.07) is 0. The van der Waals surface area contributed by atoms with E-state index in [1.807, 2.05) is 0 Å². The molecule has 0 N–H and O–H groups in total. The number of hydrogen-bond acceptors (Lipinski definition) is 1. The van der Waals surface area contributed by atoms with Crippen LogP contribution in [0, 0.1) is 17.3 Å². The Hall–Kier alpha value is -0.0400. The minimum absolute atomic E-state index is 0.487. The molecule has 1 atom stereocenters. The van der Waals surface area contributed by atoms with Crippen LogP contribution in [0.4, 0.5) is 0 Å². The third-order valence-corrected chi connectivity index (χ3v) is 4.19. The van der Waals surface area contributed by atoms with E-state index < -0.39 is 0 Å². The first kappa shape index (κ1) is 15.0. The van der Waals surface area contributed by atoms with E-state index in [0.29, 0.717) is 5.41 Å². The molecule has 0 aromatic heterocycles. The van der Waals surface area contributed by atoms with Crippen LogP contribution in [0.15, 0.2) is 0 Å². The Morgan fingerprint density at radius 3 is 2.00 bits per heavy atom. The predicted molar refractivity (Wildman–Crippen MR) is 70.2 cm³/mol. The minimum Gasteiger partial charge on any atom is -0.309 e. The predicted octanol–water partition coefficient (Wildman–Crippen LogP) is 4.04. The lowest BCUT2D eigenvalue weighted by Crippen LogP contribution is -2.30. The molecule has 1 unspecified atom stereocenters. The van der Waals surface area contributed by atoms with Gasteiger partial charge in [-0.1, -0.05) is 41.0 Å².